The van der Waals surface area contributed by atoms with Crippen LogP contribution in [0.15, 0.2) is 24.3 Å². The maximum absolute atomic E-state index is 12.9. The minimum Gasteiger partial charge on any atom is -0.325 e. The number of carbonyl (C=O) groups is 3. The molecule has 0 bridgehead atoms. The largest absolute Gasteiger partial charge is 0.325 e. The lowest BCUT2D eigenvalue weighted by Gasteiger charge is -2.36. The number of urea groups is 1. The second-order valence-corrected chi connectivity index (χ2v) is 8.82. The molecule has 3 rings (SSSR count). The SMILES string of the molecule is C[C@@H]1CCCC[C@@]12NC(=O)N(CC(=O)Nc1ccc(C(C)(C)C)cc1)C2=O. The van der Waals surface area contributed by atoms with Gasteiger partial charge in [0, 0.05) is 5.69 Å². The van der Waals surface area contributed by atoms with Crippen molar-refractivity contribution in [3.63, 3.8) is 0 Å². The zero-order valence-electron chi connectivity index (χ0n) is 16.6. The number of nitrogens with one attached hydrogen (secondary N) is 2. The molecule has 2 fully saturated rings. The van der Waals surface area contributed by atoms with Crippen LogP contribution < -0.4 is 10.6 Å². The first kappa shape index (κ1) is 19.4. The van der Waals surface area contributed by atoms with Gasteiger partial charge in [0.1, 0.15) is 12.1 Å². The van der Waals surface area contributed by atoms with E-state index in [4.69, 9.17) is 0 Å². The number of rotatable bonds is 3. The monoisotopic (exact) mass is 371 g/mol. The van der Waals surface area contributed by atoms with Crippen molar-refractivity contribution in [2.75, 3.05) is 11.9 Å². The molecule has 1 aromatic rings. The lowest BCUT2D eigenvalue weighted by Crippen LogP contribution is -2.54. The summed E-state index contributed by atoms with van der Waals surface area (Å²) in [6, 6.07) is 7.17. The van der Waals surface area contributed by atoms with Crippen LogP contribution in [0.3, 0.4) is 0 Å². The van der Waals surface area contributed by atoms with Crippen molar-refractivity contribution in [2.45, 2.75) is 64.3 Å². The van der Waals surface area contributed by atoms with Crippen LogP contribution in [0.4, 0.5) is 10.5 Å². The summed E-state index contributed by atoms with van der Waals surface area (Å²) in [4.78, 5) is 38.7. The van der Waals surface area contributed by atoms with Gasteiger partial charge in [0.05, 0.1) is 0 Å². The number of amides is 4. The van der Waals surface area contributed by atoms with Gasteiger partial charge in [-0.1, -0.05) is 52.7 Å². The number of nitrogens with zero attached hydrogens (tertiary/aromatic N) is 1. The van der Waals surface area contributed by atoms with Gasteiger partial charge in [-0.05, 0) is 41.9 Å². The number of anilines is 1. The molecule has 2 aliphatic rings. The molecule has 0 radical (unpaired) electrons. The highest BCUT2D eigenvalue weighted by Gasteiger charge is 2.55. The Morgan fingerprint density at radius 1 is 1.22 bits per heavy atom. The zero-order valence-corrected chi connectivity index (χ0v) is 16.6. The van der Waals surface area contributed by atoms with Crippen molar-refractivity contribution in [3.8, 4) is 0 Å². The van der Waals surface area contributed by atoms with Gasteiger partial charge in [-0.15, -0.1) is 0 Å². The molecule has 1 aromatic carbocycles. The summed E-state index contributed by atoms with van der Waals surface area (Å²) >= 11 is 0. The third-order valence-electron chi connectivity index (χ3n) is 5.84. The van der Waals surface area contributed by atoms with Crippen LogP contribution in [0.25, 0.3) is 0 Å². The molecule has 146 valence electrons. The van der Waals surface area contributed by atoms with Crippen molar-refractivity contribution in [3.05, 3.63) is 29.8 Å². The average Bonchev–Trinajstić information content (AvgIpc) is 2.82. The first-order valence-corrected chi connectivity index (χ1v) is 9.68. The maximum atomic E-state index is 12.9. The average molecular weight is 371 g/mol. The molecule has 0 unspecified atom stereocenters. The minimum atomic E-state index is -0.829. The van der Waals surface area contributed by atoms with E-state index in [2.05, 4.69) is 31.4 Å². The Labute approximate surface area is 160 Å². The van der Waals surface area contributed by atoms with Crippen LogP contribution in [0.5, 0.6) is 0 Å². The number of imide groups is 1. The standard InChI is InChI=1S/C21H29N3O3/c1-14-7-5-6-12-21(14)18(26)24(19(27)23-21)13-17(25)22-16-10-8-15(9-11-16)20(2,3)4/h8-11,14H,5-7,12-13H2,1-4H3,(H,22,25)(H,23,27)/t14-,21-/m1/s1. The fourth-order valence-corrected chi connectivity index (χ4v) is 4.04. The van der Waals surface area contributed by atoms with Gasteiger partial charge >= 0.3 is 6.03 Å². The summed E-state index contributed by atoms with van der Waals surface area (Å²) in [5, 5.41) is 5.65. The molecule has 1 saturated heterocycles. The van der Waals surface area contributed by atoms with Crippen LogP contribution in [0.2, 0.25) is 0 Å². The second-order valence-electron chi connectivity index (χ2n) is 8.82. The Morgan fingerprint density at radius 2 is 1.89 bits per heavy atom. The summed E-state index contributed by atoms with van der Waals surface area (Å²) < 4.78 is 0. The lowest BCUT2D eigenvalue weighted by molar-refractivity contribution is -0.136. The quantitative estimate of drug-likeness (QED) is 0.799. The highest BCUT2D eigenvalue weighted by atomic mass is 16.2. The Bertz CT molecular complexity index is 751. The lowest BCUT2D eigenvalue weighted by atomic mass is 9.73. The third-order valence-corrected chi connectivity index (χ3v) is 5.84. The summed E-state index contributed by atoms with van der Waals surface area (Å²) in [6.45, 7) is 8.11. The van der Waals surface area contributed by atoms with Gasteiger partial charge < -0.3 is 10.6 Å². The van der Waals surface area contributed by atoms with Crippen molar-refractivity contribution in [1.82, 2.24) is 10.2 Å². The van der Waals surface area contributed by atoms with E-state index in [0.29, 0.717) is 12.1 Å². The van der Waals surface area contributed by atoms with E-state index in [9.17, 15) is 14.4 Å². The summed E-state index contributed by atoms with van der Waals surface area (Å²) in [5.41, 5.74) is 1.03. The Hall–Kier alpha value is -2.37. The summed E-state index contributed by atoms with van der Waals surface area (Å²) in [6.07, 6.45) is 3.53. The molecule has 6 nitrogen and oxygen atoms in total. The van der Waals surface area contributed by atoms with Crippen molar-refractivity contribution < 1.29 is 14.4 Å². The predicted molar refractivity (Wildman–Crippen MR) is 104 cm³/mol. The van der Waals surface area contributed by atoms with Crippen molar-refractivity contribution >= 4 is 23.5 Å². The molecule has 0 aromatic heterocycles. The fraction of sp³-hybridized carbons (Fsp3) is 0.571. The highest BCUT2D eigenvalue weighted by Crippen LogP contribution is 2.38. The molecule has 4 amide bonds. The normalized spacial score (nSPS) is 25.6. The Morgan fingerprint density at radius 3 is 2.48 bits per heavy atom. The molecule has 2 N–H and O–H groups in total. The predicted octanol–water partition coefficient (Wildman–Crippen LogP) is 3.42. The molecule has 27 heavy (non-hydrogen) atoms. The molecular formula is C21H29N3O3. The summed E-state index contributed by atoms with van der Waals surface area (Å²) in [7, 11) is 0. The van der Waals surface area contributed by atoms with Crippen molar-refractivity contribution in [1.29, 1.82) is 0 Å². The molecule has 1 spiro atoms. The van der Waals surface area contributed by atoms with Crippen molar-refractivity contribution in [2.24, 2.45) is 5.92 Å². The molecule has 2 atom stereocenters. The zero-order chi connectivity index (χ0) is 19.8. The van der Waals surface area contributed by atoms with Crippen LogP contribution in [-0.2, 0) is 15.0 Å². The van der Waals surface area contributed by atoms with Crippen LogP contribution in [0.1, 0.15) is 58.9 Å². The second kappa shape index (κ2) is 6.98. The van der Waals surface area contributed by atoms with E-state index in [0.717, 1.165) is 24.2 Å². The smallest absolute Gasteiger partial charge is 0.325 e. The van der Waals surface area contributed by atoms with E-state index < -0.39 is 11.6 Å². The molecule has 6 heteroatoms. The van der Waals surface area contributed by atoms with Gasteiger partial charge in [0.25, 0.3) is 5.91 Å². The fourth-order valence-electron chi connectivity index (χ4n) is 4.04. The van der Waals surface area contributed by atoms with Gasteiger partial charge in [-0.25, -0.2) is 4.79 Å². The Kier molecular flexibility index (Phi) is 5.02. The minimum absolute atomic E-state index is 0.0353. The molecule has 1 heterocycles. The molecule has 1 aliphatic heterocycles. The number of hydrogen-bond donors (Lipinski definition) is 2. The van der Waals surface area contributed by atoms with E-state index >= 15 is 0 Å². The van der Waals surface area contributed by atoms with E-state index in [1.165, 1.54) is 5.56 Å². The highest BCUT2D eigenvalue weighted by molar-refractivity contribution is 6.10. The molecule has 1 aliphatic carbocycles. The molecule has 1 saturated carbocycles. The van der Waals surface area contributed by atoms with Gasteiger partial charge in [0.15, 0.2) is 0 Å². The summed E-state index contributed by atoms with van der Waals surface area (Å²) in [5.74, 6) is -0.554. The Balaban J connectivity index is 1.65. The van der Waals surface area contributed by atoms with Gasteiger partial charge in [0.2, 0.25) is 5.91 Å². The van der Waals surface area contributed by atoms with Crippen LogP contribution in [0, 0.1) is 5.92 Å². The number of benzene rings is 1. The molecular weight excluding hydrogens is 342 g/mol. The van der Waals surface area contributed by atoms with Crippen LogP contribution in [-0.4, -0.2) is 34.8 Å². The first-order valence-electron chi connectivity index (χ1n) is 9.68. The first-order chi connectivity index (χ1) is 12.6. The maximum Gasteiger partial charge on any atom is 0.325 e. The van der Waals surface area contributed by atoms with Crippen LogP contribution >= 0.6 is 0 Å². The van der Waals surface area contributed by atoms with Gasteiger partial charge in [-0.2, -0.15) is 0 Å². The van der Waals surface area contributed by atoms with E-state index in [1.54, 1.807) is 0 Å². The third kappa shape index (κ3) is 3.70. The van der Waals surface area contributed by atoms with E-state index in [-0.39, 0.29) is 29.7 Å². The number of hydrogen-bond acceptors (Lipinski definition) is 3. The topological polar surface area (TPSA) is 78.5 Å². The van der Waals surface area contributed by atoms with Gasteiger partial charge in [-0.3, -0.25) is 14.5 Å². The number of carbonyl (C=O) groups excluding carboxylic acids is 3. The van der Waals surface area contributed by atoms with E-state index in [1.807, 2.05) is 31.2 Å².